The zero-order chi connectivity index (χ0) is 17.9. The maximum Gasteiger partial charge on any atom is 0.317 e. The minimum absolute atomic E-state index is 0.0289. The number of carbonyl (C=O) groups is 1. The van der Waals surface area contributed by atoms with Crippen LogP contribution in [-0.4, -0.2) is 66.3 Å². The molecule has 0 radical (unpaired) electrons. The Bertz CT molecular complexity index is 576. The first-order valence-corrected chi connectivity index (χ1v) is 9.44. The SMILES string of the molecule is CC(C)(CO)[C@@H](CNC(=O)N1CCN2CCC[C@H]2C1)c1ccccc1. The molecular formula is C20H31N3O2. The van der Waals surface area contributed by atoms with Gasteiger partial charge in [0.2, 0.25) is 0 Å². The lowest BCUT2D eigenvalue weighted by Gasteiger charge is -2.38. The summed E-state index contributed by atoms with van der Waals surface area (Å²) >= 11 is 0. The molecule has 0 bridgehead atoms. The topological polar surface area (TPSA) is 55.8 Å². The zero-order valence-electron chi connectivity index (χ0n) is 15.4. The highest BCUT2D eigenvalue weighted by Crippen LogP contribution is 2.34. The molecule has 0 spiro atoms. The summed E-state index contributed by atoms with van der Waals surface area (Å²) in [6, 6.07) is 10.7. The summed E-state index contributed by atoms with van der Waals surface area (Å²) in [7, 11) is 0. The second-order valence-electron chi connectivity index (χ2n) is 8.07. The summed E-state index contributed by atoms with van der Waals surface area (Å²) in [5, 5.41) is 12.9. The lowest BCUT2D eigenvalue weighted by atomic mass is 9.75. The van der Waals surface area contributed by atoms with Crippen LogP contribution in [0, 0.1) is 5.41 Å². The largest absolute Gasteiger partial charge is 0.396 e. The summed E-state index contributed by atoms with van der Waals surface area (Å²) in [4.78, 5) is 17.1. The van der Waals surface area contributed by atoms with Crippen LogP contribution >= 0.6 is 0 Å². The molecule has 2 N–H and O–H groups in total. The molecule has 3 rings (SSSR count). The number of nitrogens with one attached hydrogen (secondary N) is 1. The third-order valence-electron chi connectivity index (χ3n) is 5.88. The zero-order valence-corrected chi connectivity index (χ0v) is 15.4. The van der Waals surface area contributed by atoms with Crippen LogP contribution in [0.3, 0.4) is 0 Å². The Morgan fingerprint density at radius 3 is 2.76 bits per heavy atom. The van der Waals surface area contributed by atoms with E-state index in [1.54, 1.807) is 0 Å². The molecule has 2 amide bonds. The summed E-state index contributed by atoms with van der Waals surface area (Å²) in [6.45, 7) is 8.54. The average molecular weight is 345 g/mol. The standard InChI is InChI=1S/C20H31N3O2/c1-20(2,15-24)18(16-7-4-3-5-8-16)13-21-19(25)23-12-11-22-10-6-9-17(22)14-23/h3-5,7-8,17-18,24H,6,9-15H2,1-2H3,(H,21,25)/t17-,18-/m0/s1. The van der Waals surface area contributed by atoms with Gasteiger partial charge in [-0.2, -0.15) is 0 Å². The van der Waals surface area contributed by atoms with Crippen molar-refractivity contribution in [1.29, 1.82) is 0 Å². The summed E-state index contributed by atoms with van der Waals surface area (Å²) in [6.07, 6.45) is 2.45. The third-order valence-corrected chi connectivity index (χ3v) is 5.88. The van der Waals surface area contributed by atoms with E-state index in [9.17, 15) is 9.90 Å². The molecule has 0 unspecified atom stereocenters. The van der Waals surface area contributed by atoms with Crippen molar-refractivity contribution in [3.05, 3.63) is 35.9 Å². The van der Waals surface area contributed by atoms with E-state index in [1.807, 2.05) is 36.9 Å². The van der Waals surface area contributed by atoms with E-state index in [1.165, 1.54) is 19.4 Å². The molecule has 2 heterocycles. The number of aliphatic hydroxyl groups excluding tert-OH is 1. The van der Waals surface area contributed by atoms with Crippen molar-refractivity contribution in [2.24, 2.45) is 5.41 Å². The molecule has 25 heavy (non-hydrogen) atoms. The Hall–Kier alpha value is -1.59. The van der Waals surface area contributed by atoms with Crippen LogP contribution in [0.2, 0.25) is 0 Å². The predicted octanol–water partition coefficient (Wildman–Crippen LogP) is 2.28. The van der Waals surface area contributed by atoms with Gasteiger partial charge in [0.1, 0.15) is 0 Å². The van der Waals surface area contributed by atoms with Gasteiger partial charge in [-0.25, -0.2) is 4.79 Å². The van der Waals surface area contributed by atoms with E-state index in [0.717, 1.165) is 25.2 Å². The molecule has 2 fully saturated rings. The van der Waals surface area contributed by atoms with E-state index in [0.29, 0.717) is 12.6 Å². The first-order valence-electron chi connectivity index (χ1n) is 9.44. The first-order chi connectivity index (χ1) is 12.0. The molecule has 0 saturated carbocycles. The molecule has 2 aliphatic rings. The van der Waals surface area contributed by atoms with E-state index < -0.39 is 0 Å². The number of rotatable bonds is 5. The monoisotopic (exact) mass is 345 g/mol. The molecule has 1 aromatic rings. The number of hydrogen-bond donors (Lipinski definition) is 2. The van der Waals surface area contributed by atoms with Gasteiger partial charge in [0.05, 0.1) is 0 Å². The molecule has 5 heteroatoms. The van der Waals surface area contributed by atoms with E-state index in [-0.39, 0.29) is 24.0 Å². The van der Waals surface area contributed by atoms with Crippen molar-refractivity contribution >= 4 is 6.03 Å². The van der Waals surface area contributed by atoms with Crippen LogP contribution in [0.15, 0.2) is 30.3 Å². The van der Waals surface area contributed by atoms with E-state index >= 15 is 0 Å². The molecule has 2 atom stereocenters. The van der Waals surface area contributed by atoms with Gasteiger partial charge in [-0.1, -0.05) is 44.2 Å². The van der Waals surface area contributed by atoms with Crippen molar-refractivity contribution in [3.8, 4) is 0 Å². The molecule has 2 saturated heterocycles. The predicted molar refractivity (Wildman–Crippen MR) is 99.6 cm³/mol. The summed E-state index contributed by atoms with van der Waals surface area (Å²) in [5.74, 6) is 0.0791. The Morgan fingerprint density at radius 1 is 1.28 bits per heavy atom. The highest BCUT2D eigenvalue weighted by molar-refractivity contribution is 5.74. The Morgan fingerprint density at radius 2 is 2.04 bits per heavy atom. The Kier molecular flexibility index (Phi) is 5.64. The fraction of sp³-hybridized carbons (Fsp3) is 0.650. The van der Waals surface area contributed by atoms with Gasteiger partial charge in [-0.15, -0.1) is 0 Å². The van der Waals surface area contributed by atoms with Crippen LogP contribution in [0.5, 0.6) is 0 Å². The van der Waals surface area contributed by atoms with Gasteiger partial charge < -0.3 is 15.3 Å². The van der Waals surface area contributed by atoms with Crippen molar-refractivity contribution in [2.45, 2.75) is 38.6 Å². The number of fused-ring (bicyclic) bond motifs is 1. The van der Waals surface area contributed by atoms with Crippen molar-refractivity contribution < 1.29 is 9.90 Å². The van der Waals surface area contributed by atoms with Crippen LogP contribution in [0.4, 0.5) is 4.79 Å². The normalized spacial score (nSPS) is 22.5. The van der Waals surface area contributed by atoms with Gasteiger partial charge in [0.25, 0.3) is 0 Å². The second-order valence-corrected chi connectivity index (χ2v) is 8.07. The number of carbonyl (C=O) groups excluding carboxylic acids is 1. The number of benzene rings is 1. The number of aliphatic hydroxyl groups is 1. The van der Waals surface area contributed by atoms with Crippen molar-refractivity contribution in [3.63, 3.8) is 0 Å². The smallest absolute Gasteiger partial charge is 0.317 e. The summed E-state index contributed by atoms with van der Waals surface area (Å²) in [5.41, 5.74) is 0.862. The summed E-state index contributed by atoms with van der Waals surface area (Å²) < 4.78 is 0. The lowest BCUT2D eigenvalue weighted by Crippen LogP contribution is -2.55. The number of urea groups is 1. The Balaban J connectivity index is 1.62. The number of amides is 2. The van der Waals surface area contributed by atoms with Crippen LogP contribution in [-0.2, 0) is 0 Å². The quantitative estimate of drug-likeness (QED) is 0.861. The highest BCUT2D eigenvalue weighted by atomic mass is 16.3. The highest BCUT2D eigenvalue weighted by Gasteiger charge is 2.34. The van der Waals surface area contributed by atoms with Crippen LogP contribution in [0.1, 0.15) is 38.2 Å². The molecule has 2 aliphatic heterocycles. The lowest BCUT2D eigenvalue weighted by molar-refractivity contribution is 0.111. The second kappa shape index (κ2) is 7.75. The third kappa shape index (κ3) is 4.15. The number of nitrogens with zero attached hydrogens (tertiary/aromatic N) is 2. The first kappa shape index (κ1) is 18.2. The van der Waals surface area contributed by atoms with Gasteiger partial charge in [-0.05, 0) is 30.4 Å². The van der Waals surface area contributed by atoms with Gasteiger partial charge in [-0.3, -0.25) is 4.90 Å². The van der Waals surface area contributed by atoms with Crippen LogP contribution < -0.4 is 5.32 Å². The van der Waals surface area contributed by atoms with E-state index in [4.69, 9.17) is 0 Å². The molecule has 0 aromatic heterocycles. The molecule has 0 aliphatic carbocycles. The number of hydrogen-bond acceptors (Lipinski definition) is 3. The maximum atomic E-state index is 12.7. The fourth-order valence-electron chi connectivity index (χ4n) is 4.12. The van der Waals surface area contributed by atoms with Crippen molar-refractivity contribution in [1.82, 2.24) is 15.1 Å². The molecular weight excluding hydrogens is 314 g/mol. The van der Waals surface area contributed by atoms with Gasteiger partial charge in [0, 0.05) is 44.7 Å². The van der Waals surface area contributed by atoms with Crippen molar-refractivity contribution in [2.75, 3.05) is 39.3 Å². The Labute approximate surface area is 151 Å². The molecule has 5 nitrogen and oxygen atoms in total. The van der Waals surface area contributed by atoms with E-state index in [2.05, 4.69) is 22.3 Å². The van der Waals surface area contributed by atoms with Crippen LogP contribution in [0.25, 0.3) is 0 Å². The number of piperazine rings is 1. The average Bonchev–Trinajstić information content (AvgIpc) is 3.10. The minimum Gasteiger partial charge on any atom is -0.396 e. The molecule has 138 valence electrons. The minimum atomic E-state index is -0.293. The maximum absolute atomic E-state index is 12.7. The van der Waals surface area contributed by atoms with Gasteiger partial charge >= 0.3 is 6.03 Å². The molecule has 1 aromatic carbocycles. The fourth-order valence-corrected chi connectivity index (χ4v) is 4.12. The van der Waals surface area contributed by atoms with Gasteiger partial charge in [0.15, 0.2) is 0 Å².